The third-order valence-corrected chi connectivity index (χ3v) is 7.19. The highest BCUT2D eigenvalue weighted by Crippen LogP contribution is 2.31. The Kier molecular flexibility index (Phi) is 6.90. The van der Waals surface area contributed by atoms with Gasteiger partial charge in [-0.25, -0.2) is 14.9 Å². The fourth-order valence-corrected chi connectivity index (χ4v) is 5.10. The Balaban J connectivity index is 1.21. The normalized spacial score (nSPS) is 15.8. The van der Waals surface area contributed by atoms with E-state index in [-0.39, 0.29) is 6.09 Å². The van der Waals surface area contributed by atoms with Gasteiger partial charge in [-0.2, -0.15) is 0 Å². The minimum absolute atomic E-state index is 0.286. The van der Waals surface area contributed by atoms with Crippen LogP contribution in [0.15, 0.2) is 47.0 Å². The number of nitrogens with one attached hydrogen (secondary N) is 2. The summed E-state index contributed by atoms with van der Waals surface area (Å²) in [5.74, 6) is 1.88. The van der Waals surface area contributed by atoms with E-state index in [9.17, 15) is 4.79 Å². The molecule has 3 heterocycles. The summed E-state index contributed by atoms with van der Waals surface area (Å²) in [6, 6.07) is 7.63. The van der Waals surface area contributed by atoms with Crippen LogP contribution in [0.3, 0.4) is 0 Å². The fourth-order valence-electron chi connectivity index (χ4n) is 3.32. The second-order valence-electron chi connectivity index (χ2n) is 7.05. The number of hydrogen-bond donors (Lipinski definition) is 2. The number of hydrogen-bond acceptors (Lipinski definition) is 8. The monoisotopic (exact) mass is 445 g/mol. The summed E-state index contributed by atoms with van der Waals surface area (Å²) in [5, 5.41) is 15.9. The predicted octanol–water partition coefficient (Wildman–Crippen LogP) is 3.61. The average molecular weight is 446 g/mol. The lowest BCUT2D eigenvalue weighted by Gasteiger charge is -2.33. The fraction of sp³-hybridized carbons (Fsp3) is 0.421. The van der Waals surface area contributed by atoms with Gasteiger partial charge < -0.3 is 14.6 Å². The van der Waals surface area contributed by atoms with Crippen molar-refractivity contribution in [2.45, 2.75) is 41.1 Å². The van der Waals surface area contributed by atoms with Gasteiger partial charge >= 0.3 is 6.09 Å². The molecule has 1 amide bonds. The van der Waals surface area contributed by atoms with Crippen LogP contribution in [-0.2, 0) is 5.75 Å². The van der Waals surface area contributed by atoms with Crippen molar-refractivity contribution in [3.05, 3.63) is 42.2 Å². The van der Waals surface area contributed by atoms with Crippen molar-refractivity contribution < 1.29 is 9.53 Å². The second-order valence-corrected chi connectivity index (χ2v) is 9.38. The second kappa shape index (κ2) is 9.98. The van der Waals surface area contributed by atoms with Crippen LogP contribution in [0.5, 0.6) is 5.75 Å². The molecular formula is C19H23N7O2S2. The van der Waals surface area contributed by atoms with Gasteiger partial charge in [-0.1, -0.05) is 42.6 Å². The Morgan fingerprint density at radius 2 is 2.07 bits per heavy atom. The molecule has 0 saturated carbocycles. The number of ether oxygens (including phenoxy) is 1. The highest BCUT2D eigenvalue weighted by molar-refractivity contribution is 7.99. The number of thioether (sulfide) groups is 2. The summed E-state index contributed by atoms with van der Waals surface area (Å²) in [4.78, 5) is 21.6. The molecule has 1 aliphatic rings. The largest absolute Gasteiger partial charge is 0.415 e. The molecule has 1 unspecified atom stereocenters. The number of piperidine rings is 1. The molecule has 30 heavy (non-hydrogen) atoms. The first-order valence-electron chi connectivity index (χ1n) is 9.75. The van der Waals surface area contributed by atoms with Crippen molar-refractivity contribution in [3.63, 3.8) is 0 Å². The van der Waals surface area contributed by atoms with E-state index in [1.54, 1.807) is 40.8 Å². The Bertz CT molecular complexity index is 911. The maximum atomic E-state index is 12.5. The maximum Gasteiger partial charge on any atom is 0.415 e. The van der Waals surface area contributed by atoms with Gasteiger partial charge in [0.15, 0.2) is 5.16 Å². The molecule has 4 rings (SSSR count). The number of aromatic nitrogens is 6. The third kappa shape index (κ3) is 5.54. The van der Waals surface area contributed by atoms with Gasteiger partial charge in [0.05, 0.1) is 0 Å². The van der Waals surface area contributed by atoms with Crippen molar-refractivity contribution in [1.29, 1.82) is 0 Å². The van der Waals surface area contributed by atoms with Gasteiger partial charge in [0, 0.05) is 36.5 Å². The number of imidazole rings is 1. The molecule has 0 spiro atoms. The molecule has 1 aromatic carbocycles. The zero-order valence-corrected chi connectivity index (χ0v) is 18.2. The van der Waals surface area contributed by atoms with Crippen LogP contribution in [0.1, 0.15) is 25.3 Å². The van der Waals surface area contributed by atoms with Gasteiger partial charge in [0.25, 0.3) is 0 Å². The molecule has 3 aromatic rings. The van der Waals surface area contributed by atoms with Crippen LogP contribution < -0.4 is 4.74 Å². The molecule has 1 atom stereocenters. The van der Waals surface area contributed by atoms with Gasteiger partial charge in [-0.15, -0.1) is 5.10 Å². The van der Waals surface area contributed by atoms with Crippen LogP contribution >= 0.6 is 23.5 Å². The van der Waals surface area contributed by atoms with Gasteiger partial charge in [-0.05, 0) is 46.9 Å². The van der Waals surface area contributed by atoms with Crippen LogP contribution in [0.25, 0.3) is 0 Å². The van der Waals surface area contributed by atoms with Crippen LogP contribution in [0.4, 0.5) is 4.79 Å². The number of amides is 1. The molecule has 0 radical (unpaired) electrons. The van der Waals surface area contributed by atoms with Gasteiger partial charge in [0.1, 0.15) is 5.75 Å². The lowest BCUT2D eigenvalue weighted by atomic mass is 9.94. The smallest absolute Gasteiger partial charge is 0.410 e. The van der Waals surface area contributed by atoms with E-state index in [2.05, 4.69) is 37.5 Å². The zero-order chi connectivity index (χ0) is 20.8. The highest BCUT2D eigenvalue weighted by atomic mass is 32.2. The number of carbonyl (C=O) groups excluding carboxylic acids is 1. The van der Waals surface area contributed by atoms with Crippen LogP contribution in [-0.4, -0.2) is 59.9 Å². The quantitative estimate of drug-likeness (QED) is 0.530. The van der Waals surface area contributed by atoms with Gasteiger partial charge in [-0.3, -0.25) is 0 Å². The topological polar surface area (TPSA) is 113 Å². The SMILES string of the molecule is CC(Sc1nnn[nH]1)C1CCN(C(=O)Oc2ccc(CSc3ncc[nH]3)cc2)CC1. The number of rotatable bonds is 7. The number of benzene rings is 1. The van der Waals surface area contributed by atoms with Crippen molar-refractivity contribution in [2.75, 3.05) is 13.1 Å². The van der Waals surface area contributed by atoms with E-state index in [1.807, 2.05) is 24.3 Å². The number of H-pyrrole nitrogens is 2. The lowest BCUT2D eigenvalue weighted by Crippen LogP contribution is -2.41. The van der Waals surface area contributed by atoms with Crippen LogP contribution in [0.2, 0.25) is 0 Å². The number of carbonyl (C=O) groups is 1. The number of tetrazole rings is 1. The molecule has 1 saturated heterocycles. The Hall–Kier alpha value is -2.53. The van der Waals surface area contributed by atoms with Gasteiger partial charge in [0.2, 0.25) is 5.16 Å². The molecule has 0 bridgehead atoms. The van der Waals surface area contributed by atoms with E-state index in [4.69, 9.17) is 4.74 Å². The van der Waals surface area contributed by atoms with E-state index in [1.165, 1.54) is 0 Å². The summed E-state index contributed by atoms with van der Waals surface area (Å²) < 4.78 is 5.57. The van der Waals surface area contributed by atoms with E-state index in [0.29, 0.717) is 30.0 Å². The highest BCUT2D eigenvalue weighted by Gasteiger charge is 2.28. The molecule has 9 nitrogen and oxygen atoms in total. The van der Waals surface area contributed by atoms with Crippen molar-refractivity contribution in [2.24, 2.45) is 5.92 Å². The molecule has 2 aromatic heterocycles. The third-order valence-electron chi connectivity index (χ3n) is 5.06. The summed E-state index contributed by atoms with van der Waals surface area (Å²) >= 11 is 3.27. The first-order chi connectivity index (χ1) is 14.7. The lowest BCUT2D eigenvalue weighted by molar-refractivity contribution is 0.131. The van der Waals surface area contributed by atoms with Crippen LogP contribution in [0, 0.1) is 5.92 Å². The van der Waals surface area contributed by atoms with E-state index in [0.717, 1.165) is 34.5 Å². The molecule has 2 N–H and O–H groups in total. The Morgan fingerprint density at radius 3 is 2.73 bits per heavy atom. The standard InChI is InChI=1S/C19H23N7O2S2/c1-13(30-18-22-24-25-23-18)15-6-10-26(11-7-15)19(27)28-16-4-2-14(3-5-16)12-29-17-20-8-9-21-17/h2-5,8-9,13,15H,6-7,10-12H2,1H3,(H,20,21)(H,22,23,24,25). The summed E-state index contributed by atoms with van der Waals surface area (Å²) in [5.41, 5.74) is 1.14. The minimum Gasteiger partial charge on any atom is -0.410 e. The maximum absolute atomic E-state index is 12.5. The molecule has 1 fully saturated rings. The summed E-state index contributed by atoms with van der Waals surface area (Å²) in [6.45, 7) is 3.57. The molecule has 11 heteroatoms. The predicted molar refractivity (Wildman–Crippen MR) is 114 cm³/mol. The molecule has 0 aliphatic carbocycles. The number of aromatic amines is 2. The summed E-state index contributed by atoms with van der Waals surface area (Å²) in [7, 11) is 0. The Labute approximate surface area is 182 Å². The first kappa shape index (κ1) is 20.7. The minimum atomic E-state index is -0.286. The average Bonchev–Trinajstić information content (AvgIpc) is 3.47. The van der Waals surface area contributed by atoms with Crippen molar-refractivity contribution >= 4 is 29.6 Å². The molecule has 1 aliphatic heterocycles. The zero-order valence-electron chi connectivity index (χ0n) is 16.5. The number of likely N-dealkylation sites (tertiary alicyclic amines) is 1. The summed E-state index contributed by atoms with van der Waals surface area (Å²) in [6.07, 6.45) is 5.13. The van der Waals surface area contributed by atoms with E-state index >= 15 is 0 Å². The molecule has 158 valence electrons. The van der Waals surface area contributed by atoms with Crippen molar-refractivity contribution in [3.8, 4) is 5.75 Å². The number of nitrogens with zero attached hydrogens (tertiary/aromatic N) is 5. The molecular weight excluding hydrogens is 422 g/mol. The van der Waals surface area contributed by atoms with E-state index < -0.39 is 0 Å². The first-order valence-corrected chi connectivity index (χ1v) is 11.6. The Morgan fingerprint density at radius 1 is 1.27 bits per heavy atom. The van der Waals surface area contributed by atoms with Crippen molar-refractivity contribution in [1.82, 2.24) is 35.5 Å².